The Morgan fingerprint density at radius 1 is 1.16 bits per heavy atom. The van der Waals surface area contributed by atoms with E-state index >= 15 is 0 Å². The number of aryl methyl sites for hydroxylation is 1. The maximum absolute atomic E-state index is 5.94. The van der Waals surface area contributed by atoms with Crippen LogP contribution in [0, 0.1) is 6.92 Å². The van der Waals surface area contributed by atoms with Gasteiger partial charge < -0.3 is 0 Å². The van der Waals surface area contributed by atoms with Crippen LogP contribution in [-0.4, -0.2) is 29.5 Å². The molecule has 92 valence electrons. The van der Waals surface area contributed by atoms with Crippen LogP contribution in [0.2, 0.25) is 0 Å². The second-order valence-corrected chi connectivity index (χ2v) is 6.67. The van der Waals surface area contributed by atoms with E-state index in [1.807, 2.05) is 0 Å². The number of anilines is 1. The fourth-order valence-electron chi connectivity index (χ4n) is 2.28. The van der Waals surface area contributed by atoms with E-state index in [-0.39, 0.29) is 14.5 Å². The van der Waals surface area contributed by atoms with Gasteiger partial charge in [-0.3, -0.25) is 0 Å². The summed E-state index contributed by atoms with van der Waals surface area (Å²) in [6.45, 7) is 2.08. The van der Waals surface area contributed by atoms with Gasteiger partial charge in [-0.25, -0.2) is 0 Å². The third-order valence-corrected chi connectivity index (χ3v) is 5.55. The molecule has 0 spiro atoms. The number of fused-ring (bicyclic) bond motifs is 4. The van der Waals surface area contributed by atoms with Crippen LogP contribution >= 0.6 is 0 Å². The number of nitrogen functional groups attached to an aromatic ring is 1. The molecular weight excluding hydrogens is 303 g/mol. The first-order valence-corrected chi connectivity index (χ1v) is 7.64. The van der Waals surface area contributed by atoms with Crippen molar-refractivity contribution >= 4 is 50.8 Å². The molecule has 5 heteroatoms. The molecule has 0 unspecified atom stereocenters. The number of nitrogens with zero attached hydrogens (tertiary/aromatic N) is 3. The van der Waals surface area contributed by atoms with Crippen molar-refractivity contribution < 1.29 is 0 Å². The Balaban J connectivity index is 2.23. The first-order chi connectivity index (χ1) is 9.22. The van der Waals surface area contributed by atoms with Gasteiger partial charge >= 0.3 is 115 Å². The third kappa shape index (κ3) is 1.56. The van der Waals surface area contributed by atoms with Crippen LogP contribution in [0.4, 0.5) is 5.82 Å². The van der Waals surface area contributed by atoms with E-state index < -0.39 is 0 Å². The van der Waals surface area contributed by atoms with Crippen LogP contribution in [0.5, 0.6) is 0 Å². The average molecular weight is 313 g/mol. The molecule has 0 saturated heterocycles. The first kappa shape index (κ1) is 10.9. The molecule has 0 radical (unpaired) electrons. The Labute approximate surface area is 115 Å². The van der Waals surface area contributed by atoms with Crippen molar-refractivity contribution in [3.05, 3.63) is 36.2 Å². The van der Waals surface area contributed by atoms with Crippen molar-refractivity contribution in [2.24, 2.45) is 0 Å². The number of aromatic nitrogens is 3. The molecule has 3 heterocycles. The SMILES string of the molecule is Cc1ccc2cc3c(nc2c1)[se]c1c(N)ncnc13. The van der Waals surface area contributed by atoms with Gasteiger partial charge in [0.25, 0.3) is 0 Å². The molecule has 4 rings (SSSR count). The molecule has 3 aromatic heterocycles. The van der Waals surface area contributed by atoms with E-state index in [0.29, 0.717) is 5.82 Å². The summed E-state index contributed by atoms with van der Waals surface area (Å²) in [5.41, 5.74) is 9.16. The molecule has 0 bridgehead atoms. The summed E-state index contributed by atoms with van der Waals surface area (Å²) in [6, 6.07) is 8.49. The van der Waals surface area contributed by atoms with E-state index in [2.05, 4.69) is 41.2 Å². The minimum absolute atomic E-state index is 0.105. The summed E-state index contributed by atoms with van der Waals surface area (Å²) >= 11 is 0.105. The van der Waals surface area contributed by atoms with Gasteiger partial charge in [0.05, 0.1) is 0 Å². The van der Waals surface area contributed by atoms with Gasteiger partial charge in [-0.15, -0.1) is 0 Å². The van der Waals surface area contributed by atoms with Crippen molar-refractivity contribution in [3.8, 4) is 0 Å². The fraction of sp³-hybridized carbons (Fsp3) is 0.0714. The van der Waals surface area contributed by atoms with Crippen LogP contribution < -0.4 is 5.73 Å². The summed E-state index contributed by atoms with van der Waals surface area (Å²) < 4.78 is 2.16. The van der Waals surface area contributed by atoms with Gasteiger partial charge in [-0.1, -0.05) is 0 Å². The topological polar surface area (TPSA) is 64.7 Å². The van der Waals surface area contributed by atoms with Crippen LogP contribution in [0.1, 0.15) is 5.56 Å². The van der Waals surface area contributed by atoms with E-state index in [0.717, 1.165) is 30.5 Å². The number of benzene rings is 1. The van der Waals surface area contributed by atoms with Crippen molar-refractivity contribution in [1.29, 1.82) is 0 Å². The molecule has 0 aliphatic carbocycles. The summed E-state index contributed by atoms with van der Waals surface area (Å²) in [6.07, 6.45) is 1.53. The van der Waals surface area contributed by atoms with Crippen molar-refractivity contribution in [1.82, 2.24) is 15.0 Å². The number of hydrogen-bond acceptors (Lipinski definition) is 4. The monoisotopic (exact) mass is 314 g/mol. The molecule has 0 amide bonds. The summed E-state index contributed by atoms with van der Waals surface area (Å²) in [7, 11) is 0. The van der Waals surface area contributed by atoms with Crippen LogP contribution in [0.3, 0.4) is 0 Å². The second kappa shape index (κ2) is 3.76. The molecule has 0 fully saturated rings. The number of rotatable bonds is 0. The third-order valence-electron chi connectivity index (χ3n) is 3.22. The Hall–Kier alpha value is -1.97. The maximum atomic E-state index is 5.94. The summed E-state index contributed by atoms with van der Waals surface area (Å²) in [5.74, 6) is 0.586. The van der Waals surface area contributed by atoms with E-state index in [1.165, 1.54) is 11.9 Å². The zero-order valence-corrected chi connectivity index (χ0v) is 11.9. The second-order valence-electron chi connectivity index (χ2n) is 4.58. The molecule has 2 N–H and O–H groups in total. The van der Waals surface area contributed by atoms with Crippen LogP contribution in [0.15, 0.2) is 30.6 Å². The molecule has 0 aliphatic heterocycles. The van der Waals surface area contributed by atoms with Gasteiger partial charge in [0, 0.05) is 0 Å². The number of nitrogens with two attached hydrogens (primary N) is 1. The molecule has 0 saturated carbocycles. The van der Waals surface area contributed by atoms with Crippen LogP contribution in [-0.2, 0) is 0 Å². The summed E-state index contributed by atoms with van der Waals surface area (Å²) in [5, 5.41) is 2.26. The van der Waals surface area contributed by atoms with Gasteiger partial charge in [-0.05, 0) is 0 Å². The van der Waals surface area contributed by atoms with Gasteiger partial charge in [-0.2, -0.15) is 0 Å². The van der Waals surface area contributed by atoms with Crippen molar-refractivity contribution in [2.75, 3.05) is 5.73 Å². The fourth-order valence-corrected chi connectivity index (χ4v) is 4.42. The Kier molecular flexibility index (Phi) is 2.16. The Bertz CT molecular complexity index is 942. The molecule has 4 aromatic rings. The van der Waals surface area contributed by atoms with Gasteiger partial charge in [0.15, 0.2) is 0 Å². The van der Waals surface area contributed by atoms with Gasteiger partial charge in [0.2, 0.25) is 0 Å². The quantitative estimate of drug-likeness (QED) is 0.506. The Morgan fingerprint density at radius 2 is 2.05 bits per heavy atom. The Morgan fingerprint density at radius 3 is 2.95 bits per heavy atom. The number of pyridine rings is 1. The van der Waals surface area contributed by atoms with E-state index in [4.69, 9.17) is 10.7 Å². The van der Waals surface area contributed by atoms with E-state index in [9.17, 15) is 0 Å². The zero-order valence-electron chi connectivity index (χ0n) is 10.2. The minimum atomic E-state index is 0.105. The average Bonchev–Trinajstić information content (AvgIpc) is 2.75. The molecule has 0 atom stereocenters. The van der Waals surface area contributed by atoms with Crippen molar-refractivity contribution in [2.45, 2.75) is 6.92 Å². The van der Waals surface area contributed by atoms with E-state index in [1.54, 1.807) is 0 Å². The molecule has 19 heavy (non-hydrogen) atoms. The first-order valence-electron chi connectivity index (χ1n) is 5.92. The molecular formula is C14H10N4Se. The number of hydrogen-bond donors (Lipinski definition) is 1. The molecule has 4 nitrogen and oxygen atoms in total. The zero-order chi connectivity index (χ0) is 13.0. The molecule has 0 aliphatic rings. The predicted molar refractivity (Wildman–Crippen MR) is 78.4 cm³/mol. The van der Waals surface area contributed by atoms with Crippen molar-refractivity contribution in [3.63, 3.8) is 0 Å². The van der Waals surface area contributed by atoms with Gasteiger partial charge in [0.1, 0.15) is 0 Å². The normalized spacial score (nSPS) is 11.6. The van der Waals surface area contributed by atoms with Crippen LogP contribution in [0.25, 0.3) is 30.5 Å². The summed E-state index contributed by atoms with van der Waals surface area (Å²) in [4.78, 5) is 13.2. The molecule has 1 aromatic carbocycles. The predicted octanol–water partition coefficient (Wildman–Crippen LogP) is 2.28. The standard InChI is InChI=1S/C14H10N4Se/c1-7-2-3-8-5-9-11-12(13(15)17-6-16-11)19-14(9)18-10(8)4-7/h2-6H,1H3,(H2,15,16,17).